The van der Waals surface area contributed by atoms with Crippen molar-refractivity contribution in [1.82, 2.24) is 20.8 Å². The predicted octanol–water partition coefficient (Wildman–Crippen LogP) is 1.60. The van der Waals surface area contributed by atoms with Crippen LogP contribution < -0.4 is 10.9 Å². The first kappa shape index (κ1) is 18.6. The normalized spacial score (nSPS) is 25.6. The number of nitrogens with one attached hydrogen (secondary N) is 2. The second-order valence-corrected chi connectivity index (χ2v) is 8.09. The number of hydrazine groups is 1. The van der Waals surface area contributed by atoms with E-state index in [1.807, 2.05) is 32.9 Å². The van der Waals surface area contributed by atoms with E-state index in [-0.39, 0.29) is 17.1 Å². The van der Waals surface area contributed by atoms with Crippen LogP contribution in [0.4, 0.5) is 0 Å². The molecule has 2 unspecified atom stereocenters. The molecule has 2 aliphatic rings. The molecule has 0 aliphatic heterocycles. The fourth-order valence-corrected chi connectivity index (χ4v) is 4.83. The van der Waals surface area contributed by atoms with Gasteiger partial charge in [-0.05, 0) is 30.4 Å². The third-order valence-electron chi connectivity index (χ3n) is 6.90. The van der Waals surface area contributed by atoms with Crippen molar-refractivity contribution in [1.29, 1.82) is 10.5 Å². The average molecular weight is 390 g/mol. The number of aromatic nitrogens is 2. The van der Waals surface area contributed by atoms with E-state index in [4.69, 9.17) is 4.42 Å². The zero-order valence-corrected chi connectivity index (χ0v) is 16.2. The van der Waals surface area contributed by atoms with Crippen LogP contribution in [0.15, 0.2) is 22.8 Å². The fraction of sp³-hybridized carbons (Fsp3) is 0.400. The van der Waals surface area contributed by atoms with Crippen molar-refractivity contribution < 1.29 is 14.0 Å². The molecule has 9 heteroatoms. The Kier molecular flexibility index (Phi) is 3.78. The summed E-state index contributed by atoms with van der Waals surface area (Å²) >= 11 is 0. The molecule has 0 radical (unpaired) electrons. The van der Waals surface area contributed by atoms with Crippen LogP contribution in [0, 0.1) is 28.1 Å². The molecule has 2 bridgehead atoms. The van der Waals surface area contributed by atoms with Crippen LogP contribution in [-0.4, -0.2) is 21.8 Å². The summed E-state index contributed by atoms with van der Waals surface area (Å²) in [5.74, 6) is -0.955. The Morgan fingerprint density at radius 3 is 2.31 bits per heavy atom. The fourth-order valence-electron chi connectivity index (χ4n) is 4.83. The summed E-state index contributed by atoms with van der Waals surface area (Å²) in [5.41, 5.74) is 3.48. The first-order valence-corrected chi connectivity index (χ1v) is 9.10. The van der Waals surface area contributed by atoms with Crippen molar-refractivity contribution in [2.45, 2.75) is 44.4 Å². The maximum Gasteiger partial charge on any atom is 0.305 e. The van der Waals surface area contributed by atoms with Crippen molar-refractivity contribution >= 4 is 11.8 Å². The van der Waals surface area contributed by atoms with Gasteiger partial charge in [-0.1, -0.05) is 20.8 Å². The number of amides is 2. The summed E-state index contributed by atoms with van der Waals surface area (Å²) in [6.07, 6.45) is 2.51. The first-order valence-electron chi connectivity index (χ1n) is 9.10. The molecule has 9 nitrogen and oxygen atoms in total. The van der Waals surface area contributed by atoms with Crippen molar-refractivity contribution in [2.24, 2.45) is 5.41 Å². The molecule has 1 fully saturated rings. The highest BCUT2D eigenvalue weighted by molar-refractivity contribution is 5.96. The summed E-state index contributed by atoms with van der Waals surface area (Å²) in [6.45, 7) is 5.90. The molecule has 2 atom stereocenters. The van der Waals surface area contributed by atoms with Crippen molar-refractivity contribution in [3.05, 3.63) is 46.9 Å². The van der Waals surface area contributed by atoms with Gasteiger partial charge >= 0.3 is 5.91 Å². The molecule has 29 heavy (non-hydrogen) atoms. The van der Waals surface area contributed by atoms with E-state index >= 15 is 0 Å². The van der Waals surface area contributed by atoms with Gasteiger partial charge < -0.3 is 4.42 Å². The number of furan rings is 1. The molecule has 4 rings (SSSR count). The largest absolute Gasteiger partial charge is 0.459 e. The number of carbonyl (C=O) groups excluding carboxylic acids is 2. The molecule has 0 spiro atoms. The van der Waals surface area contributed by atoms with Gasteiger partial charge in [-0.2, -0.15) is 10.5 Å². The van der Waals surface area contributed by atoms with E-state index in [2.05, 4.69) is 20.8 Å². The highest BCUT2D eigenvalue weighted by Crippen LogP contribution is 2.70. The van der Waals surface area contributed by atoms with E-state index in [1.165, 1.54) is 12.3 Å². The SMILES string of the molecule is CC12CCC(C(=O)NNC(=O)c3ccco3)(c3nc(C#N)c(C#N)nc31)C2(C)C. The zero-order chi connectivity index (χ0) is 21.0. The third kappa shape index (κ3) is 2.13. The molecule has 2 heterocycles. The smallest absolute Gasteiger partial charge is 0.305 e. The Hall–Kier alpha value is -3.72. The Balaban J connectivity index is 1.77. The summed E-state index contributed by atoms with van der Waals surface area (Å²) in [5, 5.41) is 18.7. The number of nitrogens with zero attached hydrogens (tertiary/aromatic N) is 4. The topological polar surface area (TPSA) is 145 Å². The molecular weight excluding hydrogens is 372 g/mol. The molecule has 0 saturated heterocycles. The van der Waals surface area contributed by atoms with Gasteiger partial charge in [-0.15, -0.1) is 0 Å². The molecule has 146 valence electrons. The van der Waals surface area contributed by atoms with Crippen LogP contribution in [0.5, 0.6) is 0 Å². The number of carbonyl (C=O) groups is 2. The minimum atomic E-state index is -1.10. The second-order valence-electron chi connectivity index (χ2n) is 8.09. The maximum absolute atomic E-state index is 13.4. The Labute approximate surface area is 166 Å². The minimum Gasteiger partial charge on any atom is -0.459 e. The van der Waals surface area contributed by atoms with Gasteiger partial charge in [0.25, 0.3) is 5.91 Å². The number of rotatable bonds is 2. The summed E-state index contributed by atoms with van der Waals surface area (Å²) < 4.78 is 5.03. The summed E-state index contributed by atoms with van der Waals surface area (Å²) in [6, 6.07) is 6.86. The van der Waals surface area contributed by atoms with Gasteiger partial charge in [0, 0.05) is 5.41 Å². The van der Waals surface area contributed by atoms with Crippen molar-refractivity contribution in [3.63, 3.8) is 0 Å². The van der Waals surface area contributed by atoms with Crippen LogP contribution in [-0.2, 0) is 15.6 Å². The molecule has 1 saturated carbocycles. The van der Waals surface area contributed by atoms with Crippen LogP contribution in [0.3, 0.4) is 0 Å². The number of nitriles is 2. The highest BCUT2D eigenvalue weighted by Gasteiger charge is 2.73. The lowest BCUT2D eigenvalue weighted by Gasteiger charge is -2.39. The third-order valence-corrected chi connectivity index (χ3v) is 6.90. The van der Waals surface area contributed by atoms with Crippen LogP contribution in [0.25, 0.3) is 0 Å². The van der Waals surface area contributed by atoms with E-state index in [0.717, 1.165) is 0 Å². The first-order chi connectivity index (χ1) is 13.7. The molecule has 2 N–H and O–H groups in total. The van der Waals surface area contributed by atoms with Gasteiger partial charge in [0.05, 0.1) is 17.7 Å². The monoisotopic (exact) mass is 390 g/mol. The quantitative estimate of drug-likeness (QED) is 0.741. The summed E-state index contributed by atoms with van der Waals surface area (Å²) in [7, 11) is 0. The van der Waals surface area contributed by atoms with Crippen LogP contribution in [0.2, 0.25) is 0 Å². The average Bonchev–Trinajstić information content (AvgIpc) is 3.35. The minimum absolute atomic E-state index is 0.0440. The highest BCUT2D eigenvalue weighted by atomic mass is 16.3. The molecule has 2 aliphatic carbocycles. The Morgan fingerprint density at radius 1 is 1.07 bits per heavy atom. The molecule has 2 aromatic rings. The van der Waals surface area contributed by atoms with Gasteiger partial charge in [0.2, 0.25) is 0 Å². The number of fused-ring (bicyclic) bond motifs is 5. The lowest BCUT2D eigenvalue weighted by Crippen LogP contribution is -2.55. The van der Waals surface area contributed by atoms with Gasteiger partial charge in [0.15, 0.2) is 17.1 Å². The van der Waals surface area contributed by atoms with Gasteiger partial charge in [-0.25, -0.2) is 9.97 Å². The lowest BCUT2D eigenvalue weighted by molar-refractivity contribution is -0.131. The molecule has 2 amide bonds. The number of hydrogen-bond donors (Lipinski definition) is 2. The zero-order valence-electron chi connectivity index (χ0n) is 16.2. The van der Waals surface area contributed by atoms with E-state index in [9.17, 15) is 20.1 Å². The summed E-state index contributed by atoms with van der Waals surface area (Å²) in [4.78, 5) is 34.4. The number of hydrogen-bond acceptors (Lipinski definition) is 7. The predicted molar refractivity (Wildman–Crippen MR) is 97.8 cm³/mol. The molecule has 2 aromatic heterocycles. The lowest BCUT2D eigenvalue weighted by atomic mass is 9.63. The van der Waals surface area contributed by atoms with Crippen molar-refractivity contribution in [2.75, 3.05) is 0 Å². The standard InChI is InChI=1S/C20H18N6O3/c1-18(2)19(3)6-7-20(18,15-14(19)23-11(9-21)12(10-22)24-15)17(28)26-25-16(27)13-5-4-8-29-13/h4-5,8H,6-7H2,1-3H3,(H,25,27)(H,26,28). The maximum atomic E-state index is 13.4. The Morgan fingerprint density at radius 2 is 1.72 bits per heavy atom. The van der Waals surface area contributed by atoms with Gasteiger partial charge in [0.1, 0.15) is 17.6 Å². The van der Waals surface area contributed by atoms with Crippen LogP contribution in [0.1, 0.15) is 66.9 Å². The molecule has 0 aromatic carbocycles. The van der Waals surface area contributed by atoms with Gasteiger partial charge in [-0.3, -0.25) is 20.4 Å². The van der Waals surface area contributed by atoms with E-state index in [0.29, 0.717) is 24.2 Å². The van der Waals surface area contributed by atoms with Crippen molar-refractivity contribution in [3.8, 4) is 12.1 Å². The molecular formula is C20H18N6O3. The van der Waals surface area contributed by atoms with Crippen LogP contribution >= 0.6 is 0 Å². The van der Waals surface area contributed by atoms with E-state index in [1.54, 1.807) is 6.07 Å². The second kappa shape index (κ2) is 5.89. The Bertz CT molecular complexity index is 1120. The van der Waals surface area contributed by atoms with E-state index < -0.39 is 28.1 Å².